The van der Waals surface area contributed by atoms with Crippen LogP contribution in [-0.2, 0) is 10.0 Å². The van der Waals surface area contributed by atoms with Gasteiger partial charge in [-0.2, -0.15) is 0 Å². The van der Waals surface area contributed by atoms with E-state index in [1.807, 2.05) is 0 Å². The number of nitrogens with zero attached hydrogens (tertiary/aromatic N) is 2. The lowest BCUT2D eigenvalue weighted by Crippen LogP contribution is -2.12. The molecule has 0 aliphatic rings. The Labute approximate surface area is 124 Å². The minimum absolute atomic E-state index is 0.0439. The quantitative estimate of drug-likeness (QED) is 0.428. The van der Waals surface area contributed by atoms with Crippen LogP contribution in [0.1, 0.15) is 5.56 Å². The van der Waals surface area contributed by atoms with Crippen LogP contribution >= 0.6 is 11.3 Å². The van der Waals surface area contributed by atoms with E-state index in [0.717, 1.165) is 11.6 Å². The van der Waals surface area contributed by atoms with Crippen LogP contribution in [0, 0.1) is 17.0 Å². The molecule has 0 spiro atoms. The second-order valence-corrected chi connectivity index (χ2v) is 6.97. The maximum absolute atomic E-state index is 12.2. The van der Waals surface area contributed by atoms with Crippen molar-refractivity contribution in [3.63, 3.8) is 0 Å². The molecule has 2 heterocycles. The molecule has 2 aromatic rings. The number of nitrogens with two attached hydrogens (primary N) is 1. The van der Waals surface area contributed by atoms with Crippen LogP contribution in [0.4, 0.5) is 16.5 Å². The SMILES string of the molecule is Cc1ccnc(NS(=O)(=O)c2cc([N+](=O)[O-])c(NN)s2)c1. The standard InChI is InChI=1S/C10H11N5O4S2/c1-6-2-3-12-8(4-6)14-21(18,19)9-5-7(15(16)17)10(13-11)20-9/h2-5,13H,11H2,1H3,(H,12,14). The molecule has 0 bridgehead atoms. The summed E-state index contributed by atoms with van der Waals surface area (Å²) in [7, 11) is -3.97. The Kier molecular flexibility index (Phi) is 4.06. The van der Waals surface area contributed by atoms with Crippen molar-refractivity contribution < 1.29 is 13.3 Å². The Morgan fingerprint density at radius 1 is 1.43 bits per heavy atom. The van der Waals surface area contributed by atoms with Gasteiger partial charge in [0.1, 0.15) is 10.0 Å². The number of nitrogens with one attached hydrogen (secondary N) is 2. The van der Waals surface area contributed by atoms with Gasteiger partial charge in [-0.25, -0.2) is 19.2 Å². The number of sulfonamides is 1. The zero-order valence-corrected chi connectivity index (χ0v) is 12.4. The Bertz CT molecular complexity index is 786. The van der Waals surface area contributed by atoms with Crippen molar-refractivity contribution in [1.29, 1.82) is 0 Å². The van der Waals surface area contributed by atoms with E-state index < -0.39 is 20.6 Å². The van der Waals surface area contributed by atoms with E-state index in [4.69, 9.17) is 5.84 Å². The zero-order chi connectivity index (χ0) is 15.6. The number of hydrogen-bond donors (Lipinski definition) is 3. The summed E-state index contributed by atoms with van der Waals surface area (Å²) < 4.78 is 26.4. The molecule has 0 aliphatic carbocycles. The first-order valence-corrected chi connectivity index (χ1v) is 7.84. The van der Waals surface area contributed by atoms with Gasteiger partial charge in [-0.15, -0.1) is 0 Å². The van der Waals surface area contributed by atoms with Gasteiger partial charge < -0.3 is 5.43 Å². The van der Waals surface area contributed by atoms with Crippen LogP contribution in [-0.4, -0.2) is 18.3 Å². The van der Waals surface area contributed by atoms with E-state index in [1.54, 1.807) is 19.1 Å². The van der Waals surface area contributed by atoms with Gasteiger partial charge in [0.15, 0.2) is 5.00 Å². The fourth-order valence-electron chi connectivity index (χ4n) is 1.51. The number of aryl methyl sites for hydroxylation is 1. The molecule has 0 fully saturated rings. The number of pyridine rings is 1. The molecule has 0 radical (unpaired) electrons. The van der Waals surface area contributed by atoms with Crippen LogP contribution in [0.3, 0.4) is 0 Å². The van der Waals surface area contributed by atoms with Gasteiger partial charge in [0, 0.05) is 12.3 Å². The predicted octanol–water partition coefficient (Wildman–Crippen LogP) is 1.45. The lowest BCUT2D eigenvalue weighted by Gasteiger charge is -2.05. The van der Waals surface area contributed by atoms with Gasteiger partial charge in [0.25, 0.3) is 10.0 Å². The molecular formula is C10H11N5O4S2. The van der Waals surface area contributed by atoms with Crippen LogP contribution in [0.2, 0.25) is 0 Å². The lowest BCUT2D eigenvalue weighted by atomic mass is 10.3. The summed E-state index contributed by atoms with van der Waals surface area (Å²) in [5.41, 5.74) is 2.53. The number of nitrogen functional groups attached to an aromatic ring is 1. The fourth-order valence-corrected chi connectivity index (χ4v) is 3.75. The highest BCUT2D eigenvalue weighted by atomic mass is 32.2. The maximum Gasteiger partial charge on any atom is 0.306 e. The number of thiophene rings is 1. The average Bonchev–Trinajstić information content (AvgIpc) is 2.83. The molecule has 0 aliphatic heterocycles. The number of hydrazine groups is 1. The molecular weight excluding hydrogens is 318 g/mol. The van der Waals surface area contributed by atoms with Crippen molar-refractivity contribution >= 4 is 37.9 Å². The van der Waals surface area contributed by atoms with Gasteiger partial charge in [-0.3, -0.25) is 14.8 Å². The molecule has 11 heteroatoms. The second-order valence-electron chi connectivity index (χ2n) is 4.01. The molecule has 0 unspecified atom stereocenters. The first kappa shape index (κ1) is 15.2. The maximum atomic E-state index is 12.2. The first-order valence-electron chi connectivity index (χ1n) is 5.54. The van der Waals surface area contributed by atoms with Crippen molar-refractivity contribution in [2.45, 2.75) is 11.1 Å². The fraction of sp³-hybridized carbons (Fsp3) is 0.100. The molecule has 0 saturated heterocycles. The van der Waals surface area contributed by atoms with E-state index in [0.29, 0.717) is 11.3 Å². The molecule has 4 N–H and O–H groups in total. The predicted molar refractivity (Wildman–Crippen MR) is 78.6 cm³/mol. The third kappa shape index (κ3) is 3.26. The molecule has 0 amide bonds. The minimum Gasteiger partial charge on any atom is -0.310 e. The molecule has 0 saturated carbocycles. The van der Waals surface area contributed by atoms with E-state index in [9.17, 15) is 18.5 Å². The first-order chi connectivity index (χ1) is 9.83. The van der Waals surface area contributed by atoms with Gasteiger partial charge in [-0.1, -0.05) is 11.3 Å². The summed E-state index contributed by atoms with van der Waals surface area (Å²) in [6, 6.07) is 4.20. The van der Waals surface area contributed by atoms with Crippen molar-refractivity contribution in [1.82, 2.24) is 4.98 Å². The number of anilines is 2. The summed E-state index contributed by atoms with van der Waals surface area (Å²) in [5, 5.41) is 10.8. The Balaban J connectivity index is 2.38. The normalized spacial score (nSPS) is 11.1. The van der Waals surface area contributed by atoms with Crippen LogP contribution in [0.5, 0.6) is 0 Å². The highest BCUT2D eigenvalue weighted by molar-refractivity contribution is 7.94. The van der Waals surface area contributed by atoms with Crippen molar-refractivity contribution in [2.75, 3.05) is 10.1 Å². The molecule has 21 heavy (non-hydrogen) atoms. The minimum atomic E-state index is -3.97. The Morgan fingerprint density at radius 2 is 2.14 bits per heavy atom. The van der Waals surface area contributed by atoms with Crippen molar-refractivity contribution in [2.24, 2.45) is 5.84 Å². The Hall–Kier alpha value is -2.24. The summed E-state index contributed by atoms with van der Waals surface area (Å²) in [5.74, 6) is 5.28. The molecule has 112 valence electrons. The zero-order valence-electron chi connectivity index (χ0n) is 10.7. The monoisotopic (exact) mass is 329 g/mol. The van der Waals surface area contributed by atoms with E-state index in [2.05, 4.69) is 15.1 Å². The van der Waals surface area contributed by atoms with Gasteiger partial charge in [0.05, 0.1) is 4.92 Å². The van der Waals surface area contributed by atoms with E-state index in [-0.39, 0.29) is 15.0 Å². The average molecular weight is 329 g/mol. The smallest absolute Gasteiger partial charge is 0.306 e. The summed E-state index contributed by atoms with van der Waals surface area (Å²) in [4.78, 5) is 14.0. The highest BCUT2D eigenvalue weighted by Crippen LogP contribution is 2.36. The van der Waals surface area contributed by atoms with Crippen molar-refractivity contribution in [3.05, 3.63) is 40.1 Å². The Morgan fingerprint density at radius 3 is 2.67 bits per heavy atom. The lowest BCUT2D eigenvalue weighted by molar-refractivity contribution is -0.383. The third-order valence-corrected chi connectivity index (χ3v) is 5.32. The highest BCUT2D eigenvalue weighted by Gasteiger charge is 2.26. The number of hydrogen-bond acceptors (Lipinski definition) is 8. The third-order valence-electron chi connectivity index (χ3n) is 2.44. The van der Waals surface area contributed by atoms with Crippen LogP contribution < -0.4 is 16.0 Å². The van der Waals surface area contributed by atoms with E-state index >= 15 is 0 Å². The number of aromatic nitrogens is 1. The van der Waals surface area contributed by atoms with Crippen molar-refractivity contribution in [3.8, 4) is 0 Å². The van der Waals surface area contributed by atoms with Gasteiger partial charge in [0.2, 0.25) is 0 Å². The summed E-state index contributed by atoms with van der Waals surface area (Å²) in [6.07, 6.45) is 1.46. The molecule has 9 nitrogen and oxygen atoms in total. The van der Waals surface area contributed by atoms with Gasteiger partial charge in [-0.05, 0) is 24.6 Å². The van der Waals surface area contributed by atoms with Crippen LogP contribution in [0.25, 0.3) is 0 Å². The summed E-state index contributed by atoms with van der Waals surface area (Å²) in [6.45, 7) is 1.78. The van der Waals surface area contributed by atoms with Gasteiger partial charge >= 0.3 is 5.69 Å². The molecule has 2 aromatic heterocycles. The molecule has 0 aromatic carbocycles. The topological polar surface area (TPSA) is 140 Å². The molecule has 2 rings (SSSR count). The summed E-state index contributed by atoms with van der Waals surface area (Å²) >= 11 is 0.662. The second kappa shape index (κ2) is 5.63. The number of nitro groups is 1. The van der Waals surface area contributed by atoms with Crippen LogP contribution in [0.15, 0.2) is 28.6 Å². The van der Waals surface area contributed by atoms with E-state index in [1.165, 1.54) is 6.20 Å². The molecule has 0 atom stereocenters. The largest absolute Gasteiger partial charge is 0.310 e. The number of rotatable bonds is 5.